The van der Waals surface area contributed by atoms with Crippen molar-refractivity contribution in [3.63, 3.8) is 0 Å². The maximum absolute atomic E-state index is 11.6. The summed E-state index contributed by atoms with van der Waals surface area (Å²) in [4.78, 5) is 20.7. The van der Waals surface area contributed by atoms with Gasteiger partial charge in [-0.3, -0.25) is 14.7 Å². The summed E-state index contributed by atoms with van der Waals surface area (Å²) < 4.78 is 18.2. The SMILES string of the molecule is CC1(C)OB(n2ccccc2=O)OC1(C)C.c1cncc(N2CCN(C3COC3)CC2)c1. The number of ether oxygens (including phenoxy) is 1. The normalized spacial score (nSPS) is 22.8. The van der Waals surface area contributed by atoms with E-state index in [9.17, 15) is 4.79 Å². The summed E-state index contributed by atoms with van der Waals surface area (Å²) in [5.74, 6) is 0. The molecule has 8 nitrogen and oxygen atoms in total. The molecule has 0 aromatic carbocycles. The highest BCUT2D eigenvalue weighted by atomic mass is 16.7. The fraction of sp³-hybridized carbons (Fsp3) is 0.565. The van der Waals surface area contributed by atoms with Gasteiger partial charge in [0, 0.05) is 38.4 Å². The van der Waals surface area contributed by atoms with Crippen LogP contribution in [0, 0.1) is 0 Å². The summed E-state index contributed by atoms with van der Waals surface area (Å²) in [6.07, 6.45) is 5.44. The zero-order valence-electron chi connectivity index (χ0n) is 19.4. The van der Waals surface area contributed by atoms with E-state index in [1.54, 1.807) is 18.3 Å². The molecule has 9 heteroatoms. The molecule has 2 aromatic heterocycles. The molecule has 0 unspecified atom stereocenters. The van der Waals surface area contributed by atoms with Crippen molar-refractivity contribution in [2.24, 2.45) is 0 Å². The lowest BCUT2D eigenvalue weighted by molar-refractivity contribution is -0.0660. The molecule has 0 aliphatic carbocycles. The molecule has 3 aliphatic heterocycles. The van der Waals surface area contributed by atoms with Gasteiger partial charge < -0.3 is 23.4 Å². The molecule has 0 saturated carbocycles. The Bertz CT molecular complexity index is 924. The first-order valence-electron chi connectivity index (χ1n) is 11.3. The number of piperazine rings is 1. The van der Waals surface area contributed by atoms with Crippen molar-refractivity contribution in [3.05, 3.63) is 59.3 Å². The quantitative estimate of drug-likeness (QED) is 0.676. The van der Waals surface area contributed by atoms with E-state index < -0.39 is 18.5 Å². The van der Waals surface area contributed by atoms with E-state index >= 15 is 0 Å². The number of anilines is 1. The third-order valence-electron chi connectivity index (χ3n) is 6.78. The smallest absolute Gasteiger partial charge is 0.384 e. The van der Waals surface area contributed by atoms with Crippen molar-refractivity contribution in [3.8, 4) is 0 Å². The Hall–Kier alpha value is -2.20. The number of hydrogen-bond donors (Lipinski definition) is 0. The minimum Gasteiger partial charge on any atom is -0.384 e. The molecule has 0 amide bonds. The summed E-state index contributed by atoms with van der Waals surface area (Å²) in [5.41, 5.74) is 0.271. The molecular weight excluding hydrogens is 407 g/mol. The Balaban J connectivity index is 0.000000153. The Morgan fingerprint density at radius 2 is 1.66 bits per heavy atom. The maximum atomic E-state index is 11.6. The summed E-state index contributed by atoms with van der Waals surface area (Å²) in [6, 6.07) is 9.79. The van der Waals surface area contributed by atoms with Crippen LogP contribution < -0.4 is 10.5 Å². The van der Waals surface area contributed by atoms with Crippen LogP contribution in [-0.4, -0.2) is 78.3 Å². The van der Waals surface area contributed by atoms with Gasteiger partial charge in [0.2, 0.25) is 5.56 Å². The molecule has 3 fully saturated rings. The van der Waals surface area contributed by atoms with Gasteiger partial charge in [-0.05, 0) is 52.1 Å². The number of pyridine rings is 2. The molecule has 5 heterocycles. The molecule has 0 radical (unpaired) electrons. The van der Waals surface area contributed by atoms with Gasteiger partial charge in [-0.2, -0.15) is 0 Å². The molecule has 3 aliphatic rings. The second-order valence-corrected chi connectivity index (χ2v) is 9.44. The van der Waals surface area contributed by atoms with Crippen LogP contribution in [0.4, 0.5) is 5.69 Å². The Morgan fingerprint density at radius 1 is 0.969 bits per heavy atom. The van der Waals surface area contributed by atoms with Gasteiger partial charge in [-0.15, -0.1) is 0 Å². The van der Waals surface area contributed by atoms with Gasteiger partial charge >= 0.3 is 7.25 Å². The topological polar surface area (TPSA) is 69.1 Å². The van der Waals surface area contributed by atoms with E-state index in [4.69, 9.17) is 14.0 Å². The number of rotatable bonds is 3. The first-order chi connectivity index (χ1) is 15.3. The minimum absolute atomic E-state index is 0.124. The van der Waals surface area contributed by atoms with E-state index in [-0.39, 0.29) is 5.56 Å². The fourth-order valence-electron chi connectivity index (χ4n) is 3.86. The second kappa shape index (κ2) is 9.35. The van der Waals surface area contributed by atoms with Gasteiger partial charge in [0.1, 0.15) is 0 Å². The van der Waals surface area contributed by atoms with E-state index in [0.717, 1.165) is 39.4 Å². The van der Waals surface area contributed by atoms with Gasteiger partial charge in [0.25, 0.3) is 0 Å². The van der Waals surface area contributed by atoms with Gasteiger partial charge in [0.15, 0.2) is 0 Å². The van der Waals surface area contributed by atoms with Gasteiger partial charge in [-0.1, -0.05) is 6.07 Å². The lowest BCUT2D eigenvalue weighted by atomic mass is 9.90. The number of aromatic nitrogens is 2. The number of nitrogens with zero attached hydrogens (tertiary/aromatic N) is 4. The molecule has 2 aromatic rings. The highest BCUT2D eigenvalue weighted by Crippen LogP contribution is 2.36. The zero-order chi connectivity index (χ0) is 22.8. The molecule has 3 saturated heterocycles. The predicted molar refractivity (Wildman–Crippen MR) is 125 cm³/mol. The summed E-state index contributed by atoms with van der Waals surface area (Å²) in [7, 11) is -0.640. The van der Waals surface area contributed by atoms with Crippen molar-refractivity contribution >= 4 is 12.9 Å². The lowest BCUT2D eigenvalue weighted by Crippen LogP contribution is -2.56. The van der Waals surface area contributed by atoms with E-state index in [0.29, 0.717) is 6.04 Å². The van der Waals surface area contributed by atoms with E-state index in [1.807, 2.05) is 46.2 Å². The highest BCUT2D eigenvalue weighted by molar-refractivity contribution is 6.43. The lowest BCUT2D eigenvalue weighted by Gasteiger charge is -2.43. The maximum Gasteiger partial charge on any atom is 0.601 e. The van der Waals surface area contributed by atoms with Crippen molar-refractivity contribution in [1.82, 2.24) is 14.4 Å². The van der Waals surface area contributed by atoms with Crippen LogP contribution in [0.5, 0.6) is 0 Å². The van der Waals surface area contributed by atoms with Gasteiger partial charge in [0.05, 0.1) is 42.3 Å². The van der Waals surface area contributed by atoms with Crippen molar-refractivity contribution < 1.29 is 14.0 Å². The van der Waals surface area contributed by atoms with Crippen LogP contribution in [0.25, 0.3) is 0 Å². The molecule has 32 heavy (non-hydrogen) atoms. The zero-order valence-corrected chi connectivity index (χ0v) is 19.4. The van der Waals surface area contributed by atoms with E-state index in [1.165, 1.54) is 16.2 Å². The first-order valence-corrected chi connectivity index (χ1v) is 11.3. The van der Waals surface area contributed by atoms with Crippen molar-refractivity contribution in [1.29, 1.82) is 0 Å². The van der Waals surface area contributed by atoms with Gasteiger partial charge in [-0.25, -0.2) is 0 Å². The average molecular weight is 440 g/mol. The molecule has 0 atom stereocenters. The molecule has 0 bridgehead atoms. The molecule has 5 rings (SSSR count). The fourth-order valence-corrected chi connectivity index (χ4v) is 3.86. The van der Waals surface area contributed by atoms with Crippen LogP contribution >= 0.6 is 0 Å². The molecule has 172 valence electrons. The highest BCUT2D eigenvalue weighted by Gasteiger charge is 2.52. The minimum atomic E-state index is -0.640. The standard InChI is InChI=1S/C12H17N3O.C11H16BNO3/c1-2-11(8-13-3-1)14-4-6-15(7-5-14)12-9-16-10-12;1-10(2)11(3,4)16-12(15-10)13-8-6-5-7-9(13)14/h1-3,8,12H,4-7,9-10H2;5-8H,1-4H3. The molecular formula is C23H33BN4O4. The average Bonchev–Trinajstić information content (AvgIpc) is 2.96. The summed E-state index contributed by atoms with van der Waals surface area (Å²) >= 11 is 0. The van der Waals surface area contributed by atoms with Crippen LogP contribution in [0.1, 0.15) is 27.7 Å². The van der Waals surface area contributed by atoms with Crippen LogP contribution in [0.15, 0.2) is 53.7 Å². The first kappa shape index (κ1) is 23.0. The van der Waals surface area contributed by atoms with Crippen LogP contribution in [-0.2, 0) is 14.0 Å². The second-order valence-electron chi connectivity index (χ2n) is 9.44. The Labute approximate surface area is 190 Å². The van der Waals surface area contributed by atoms with Crippen LogP contribution in [0.3, 0.4) is 0 Å². The third kappa shape index (κ3) is 4.91. The molecule has 0 N–H and O–H groups in total. The largest absolute Gasteiger partial charge is 0.601 e. The van der Waals surface area contributed by atoms with Crippen molar-refractivity contribution in [2.75, 3.05) is 44.3 Å². The summed E-state index contributed by atoms with van der Waals surface area (Å²) in [6.45, 7) is 14.2. The Morgan fingerprint density at radius 3 is 2.19 bits per heavy atom. The monoisotopic (exact) mass is 440 g/mol. The third-order valence-corrected chi connectivity index (χ3v) is 6.78. The Kier molecular flexibility index (Phi) is 6.71. The molecule has 0 spiro atoms. The summed E-state index contributed by atoms with van der Waals surface area (Å²) in [5, 5.41) is 0. The van der Waals surface area contributed by atoms with Crippen LogP contribution in [0.2, 0.25) is 0 Å². The number of hydrogen-bond acceptors (Lipinski definition) is 7. The van der Waals surface area contributed by atoms with E-state index in [2.05, 4.69) is 20.9 Å². The van der Waals surface area contributed by atoms with Crippen molar-refractivity contribution in [2.45, 2.75) is 44.9 Å². The predicted octanol–water partition coefficient (Wildman–Crippen LogP) is 1.89.